The zero-order chi connectivity index (χ0) is 22.2. The zero-order valence-corrected chi connectivity index (χ0v) is 20.3. The Bertz CT molecular complexity index is 723. The molecule has 0 bridgehead atoms. The van der Waals surface area contributed by atoms with Crippen molar-refractivity contribution in [2.24, 2.45) is 0 Å². The van der Waals surface area contributed by atoms with E-state index < -0.39 is 8.32 Å². The second-order valence-electron chi connectivity index (χ2n) is 8.80. The topological polar surface area (TPSA) is 70.8 Å². The van der Waals surface area contributed by atoms with Crippen molar-refractivity contribution >= 4 is 14.4 Å². The fourth-order valence-corrected chi connectivity index (χ4v) is 3.60. The molecule has 1 aromatic rings. The van der Waals surface area contributed by atoms with Crippen molar-refractivity contribution in [3.63, 3.8) is 0 Å². The van der Waals surface area contributed by atoms with Crippen LogP contribution in [0.3, 0.4) is 0 Å². The van der Waals surface area contributed by atoms with Gasteiger partial charge >= 0.3 is 0 Å². The third kappa shape index (κ3) is 7.15. The first-order valence-corrected chi connectivity index (χ1v) is 13.1. The lowest BCUT2D eigenvalue weighted by Gasteiger charge is -2.35. The number of methoxy groups -OCH3 is 2. The van der Waals surface area contributed by atoms with Crippen LogP contribution in [0.25, 0.3) is 6.08 Å². The molecule has 0 spiro atoms. The number of nitro groups is 1. The predicted octanol–water partition coefficient (Wildman–Crippen LogP) is 6.08. The first-order chi connectivity index (χ1) is 13.5. The molecule has 0 atom stereocenters. The average molecular weight is 424 g/mol. The SMILES string of the molecule is CCCCCc1cc(OC)c(/C=C(\CO[Si](C)(C)C(C)(C)C)[N+](=O)[O-])cc1OC. The van der Waals surface area contributed by atoms with E-state index in [9.17, 15) is 10.1 Å². The molecule has 0 unspecified atom stereocenters. The first-order valence-electron chi connectivity index (χ1n) is 10.2. The molecule has 0 saturated heterocycles. The van der Waals surface area contributed by atoms with Crippen LogP contribution in [0.1, 0.15) is 58.1 Å². The van der Waals surface area contributed by atoms with Crippen LogP contribution >= 0.6 is 0 Å². The highest BCUT2D eigenvalue weighted by Crippen LogP contribution is 2.37. The Balaban J connectivity index is 3.23. The molecule has 0 aromatic heterocycles. The molecule has 0 heterocycles. The Labute approximate surface area is 176 Å². The van der Waals surface area contributed by atoms with Crippen molar-refractivity contribution in [2.45, 2.75) is 71.5 Å². The molecule has 6 nitrogen and oxygen atoms in total. The van der Waals surface area contributed by atoms with E-state index in [1.54, 1.807) is 14.2 Å². The molecular weight excluding hydrogens is 386 g/mol. The highest BCUT2D eigenvalue weighted by molar-refractivity contribution is 6.74. The summed E-state index contributed by atoms with van der Waals surface area (Å²) in [5.74, 6) is 1.32. The Morgan fingerprint density at radius 3 is 2.24 bits per heavy atom. The normalized spacial score (nSPS) is 12.8. The summed E-state index contributed by atoms with van der Waals surface area (Å²) in [6.07, 6.45) is 5.76. The number of aryl methyl sites for hydroxylation is 1. The number of rotatable bonds is 11. The summed E-state index contributed by atoms with van der Waals surface area (Å²) in [7, 11) is 1.10. The number of nitrogens with zero attached hydrogens (tertiary/aromatic N) is 1. The molecule has 29 heavy (non-hydrogen) atoms. The molecule has 0 N–H and O–H groups in total. The van der Waals surface area contributed by atoms with Gasteiger partial charge in [0.05, 0.1) is 19.1 Å². The van der Waals surface area contributed by atoms with E-state index >= 15 is 0 Å². The molecule has 164 valence electrons. The van der Waals surface area contributed by atoms with Crippen molar-refractivity contribution in [1.29, 1.82) is 0 Å². The number of benzene rings is 1. The standard InChI is InChI=1S/C22H37NO5Si/c1-9-10-11-12-17-14-21(27-6)18(15-20(17)26-5)13-19(23(24)25)16-28-29(7,8)22(2,3)4/h13-15H,9-12,16H2,1-8H3/b19-13+. The highest BCUT2D eigenvalue weighted by atomic mass is 28.4. The Morgan fingerprint density at radius 1 is 1.14 bits per heavy atom. The van der Waals surface area contributed by atoms with E-state index in [1.807, 2.05) is 12.1 Å². The third-order valence-electron chi connectivity index (χ3n) is 5.63. The summed E-state index contributed by atoms with van der Waals surface area (Å²) in [5, 5.41) is 11.6. The minimum Gasteiger partial charge on any atom is -0.496 e. The lowest BCUT2D eigenvalue weighted by Crippen LogP contribution is -2.41. The first kappa shape index (κ1) is 25.2. The lowest BCUT2D eigenvalue weighted by molar-refractivity contribution is -0.427. The van der Waals surface area contributed by atoms with Crippen molar-refractivity contribution < 1.29 is 18.8 Å². The van der Waals surface area contributed by atoms with E-state index in [4.69, 9.17) is 13.9 Å². The molecule has 0 saturated carbocycles. The largest absolute Gasteiger partial charge is 0.496 e. The monoisotopic (exact) mass is 423 g/mol. The van der Waals surface area contributed by atoms with Crippen LogP contribution in [0.4, 0.5) is 0 Å². The van der Waals surface area contributed by atoms with E-state index in [-0.39, 0.29) is 22.3 Å². The lowest BCUT2D eigenvalue weighted by atomic mass is 10.0. The van der Waals surface area contributed by atoms with Crippen LogP contribution < -0.4 is 9.47 Å². The van der Waals surface area contributed by atoms with Crippen LogP contribution in [0.15, 0.2) is 17.8 Å². The van der Waals surface area contributed by atoms with Gasteiger partial charge in [0.2, 0.25) is 0 Å². The Morgan fingerprint density at radius 2 is 1.76 bits per heavy atom. The summed E-state index contributed by atoms with van der Waals surface area (Å²) >= 11 is 0. The average Bonchev–Trinajstić information content (AvgIpc) is 2.64. The van der Waals surface area contributed by atoms with E-state index in [2.05, 4.69) is 40.8 Å². The van der Waals surface area contributed by atoms with Crippen LogP contribution in [0, 0.1) is 10.1 Å². The fraction of sp³-hybridized carbons (Fsp3) is 0.636. The zero-order valence-electron chi connectivity index (χ0n) is 19.3. The summed E-state index contributed by atoms with van der Waals surface area (Å²) in [5.41, 5.74) is 1.68. The second kappa shape index (κ2) is 10.8. The molecule has 0 amide bonds. The molecule has 0 aliphatic heterocycles. The maximum Gasteiger partial charge on any atom is 0.271 e. The van der Waals surface area contributed by atoms with Crippen molar-refractivity contribution in [3.8, 4) is 11.5 Å². The highest BCUT2D eigenvalue weighted by Gasteiger charge is 2.38. The number of ether oxygens (including phenoxy) is 2. The molecule has 0 aliphatic carbocycles. The van der Waals surface area contributed by atoms with Gasteiger partial charge in [0.25, 0.3) is 5.70 Å². The van der Waals surface area contributed by atoms with Gasteiger partial charge in [-0.25, -0.2) is 0 Å². The van der Waals surface area contributed by atoms with E-state index in [0.29, 0.717) is 11.3 Å². The summed E-state index contributed by atoms with van der Waals surface area (Å²) < 4.78 is 17.1. The summed E-state index contributed by atoms with van der Waals surface area (Å²) in [4.78, 5) is 11.3. The second-order valence-corrected chi connectivity index (χ2v) is 13.6. The van der Waals surface area contributed by atoms with Crippen LogP contribution in [0.2, 0.25) is 18.1 Å². The minimum atomic E-state index is -2.10. The van der Waals surface area contributed by atoms with Gasteiger partial charge in [-0.3, -0.25) is 10.1 Å². The Kier molecular flexibility index (Phi) is 9.36. The summed E-state index contributed by atoms with van der Waals surface area (Å²) in [6, 6.07) is 3.74. The van der Waals surface area contributed by atoms with Crippen LogP contribution in [-0.2, 0) is 10.8 Å². The molecule has 1 rings (SSSR count). The minimum absolute atomic E-state index is 0.00825. The molecule has 0 radical (unpaired) electrons. The quantitative estimate of drug-likeness (QED) is 0.187. The van der Waals surface area contributed by atoms with Gasteiger partial charge in [0.1, 0.15) is 18.1 Å². The number of hydrogen-bond acceptors (Lipinski definition) is 5. The molecular formula is C22H37NO5Si. The maximum atomic E-state index is 11.7. The van der Waals surface area contributed by atoms with Crippen LogP contribution in [-0.4, -0.2) is 34.1 Å². The summed E-state index contributed by atoms with van der Waals surface area (Å²) in [6.45, 7) is 12.6. The predicted molar refractivity (Wildman–Crippen MR) is 121 cm³/mol. The third-order valence-corrected chi connectivity index (χ3v) is 10.1. The number of unbranched alkanes of at least 4 members (excludes halogenated alkanes) is 2. The van der Waals surface area contributed by atoms with Crippen molar-refractivity contribution in [3.05, 3.63) is 39.1 Å². The molecule has 0 fully saturated rings. The van der Waals surface area contributed by atoms with Gasteiger partial charge in [0.15, 0.2) is 8.32 Å². The maximum absolute atomic E-state index is 11.7. The smallest absolute Gasteiger partial charge is 0.271 e. The Hall–Kier alpha value is -1.86. The van der Waals surface area contributed by atoms with Gasteiger partial charge in [-0.2, -0.15) is 0 Å². The fourth-order valence-electron chi connectivity index (χ4n) is 2.66. The number of hydrogen-bond donors (Lipinski definition) is 0. The van der Waals surface area contributed by atoms with E-state index in [0.717, 1.165) is 37.0 Å². The van der Waals surface area contributed by atoms with Gasteiger partial charge in [0, 0.05) is 11.6 Å². The molecule has 1 aromatic carbocycles. The van der Waals surface area contributed by atoms with Crippen molar-refractivity contribution in [1.82, 2.24) is 0 Å². The molecule has 7 heteroatoms. The van der Waals surface area contributed by atoms with Crippen molar-refractivity contribution in [2.75, 3.05) is 20.8 Å². The van der Waals surface area contributed by atoms with Gasteiger partial charge in [-0.1, -0.05) is 40.5 Å². The van der Waals surface area contributed by atoms with Gasteiger partial charge in [-0.05, 0) is 48.7 Å². The van der Waals surface area contributed by atoms with Gasteiger partial charge in [-0.15, -0.1) is 0 Å². The van der Waals surface area contributed by atoms with E-state index in [1.165, 1.54) is 6.08 Å². The van der Waals surface area contributed by atoms with Crippen LogP contribution in [0.5, 0.6) is 11.5 Å². The van der Waals surface area contributed by atoms with Gasteiger partial charge < -0.3 is 13.9 Å². The molecule has 0 aliphatic rings.